The van der Waals surface area contributed by atoms with Gasteiger partial charge >= 0.3 is 6.18 Å². The number of nitrogens with zero attached hydrogens (tertiary/aromatic N) is 3. The fourth-order valence-electron chi connectivity index (χ4n) is 3.67. The Morgan fingerprint density at radius 3 is 2.51 bits per heavy atom. The molecule has 4 rings (SSSR count). The molecule has 1 aliphatic rings. The van der Waals surface area contributed by atoms with Gasteiger partial charge in [-0.05, 0) is 44.0 Å². The smallest absolute Gasteiger partial charge is 0.382 e. The van der Waals surface area contributed by atoms with Crippen molar-refractivity contribution in [1.29, 1.82) is 0 Å². The van der Waals surface area contributed by atoms with Crippen LogP contribution >= 0.6 is 0 Å². The first-order chi connectivity index (χ1) is 16.6. The van der Waals surface area contributed by atoms with E-state index in [4.69, 9.17) is 5.73 Å². The monoisotopic (exact) mass is 484 g/mol. The molecule has 0 radical (unpaired) electrons. The zero-order valence-corrected chi connectivity index (χ0v) is 18.8. The normalized spacial score (nSPS) is 14.3. The van der Waals surface area contributed by atoms with E-state index in [1.54, 1.807) is 25.1 Å². The highest BCUT2D eigenvalue weighted by Crippen LogP contribution is 2.49. The van der Waals surface area contributed by atoms with Crippen LogP contribution in [0.2, 0.25) is 0 Å². The molecule has 182 valence electrons. The maximum Gasteiger partial charge on any atom is 0.418 e. The molecule has 0 saturated heterocycles. The highest BCUT2D eigenvalue weighted by molar-refractivity contribution is 5.99. The summed E-state index contributed by atoms with van der Waals surface area (Å²) in [5.41, 5.74) is 5.47. The fourth-order valence-corrected chi connectivity index (χ4v) is 3.67. The van der Waals surface area contributed by atoms with Crippen LogP contribution in [0, 0.1) is 12.3 Å². The summed E-state index contributed by atoms with van der Waals surface area (Å²) in [6, 6.07) is 7.24. The van der Waals surface area contributed by atoms with Crippen molar-refractivity contribution >= 4 is 28.9 Å². The number of nitrogens with one attached hydrogen (secondary N) is 2. The number of hydrogen-bond acceptors (Lipinski definition) is 7. The van der Waals surface area contributed by atoms with E-state index < -0.39 is 17.2 Å². The van der Waals surface area contributed by atoms with Crippen LogP contribution in [-0.2, 0) is 17.5 Å². The number of alkyl halides is 3. The van der Waals surface area contributed by atoms with E-state index >= 15 is 0 Å². The minimum Gasteiger partial charge on any atom is -0.382 e. The van der Waals surface area contributed by atoms with Gasteiger partial charge in [0.15, 0.2) is 5.78 Å². The third kappa shape index (κ3) is 5.73. The molecule has 1 amide bonds. The Labute approximate surface area is 199 Å². The molecule has 0 bridgehead atoms. The molecule has 0 unspecified atom stereocenters. The van der Waals surface area contributed by atoms with E-state index in [0.717, 1.165) is 6.07 Å². The Morgan fingerprint density at radius 2 is 1.89 bits per heavy atom. The first-order valence-electron chi connectivity index (χ1n) is 10.8. The molecule has 2 aromatic heterocycles. The second-order valence-electron chi connectivity index (χ2n) is 8.60. The first-order valence-corrected chi connectivity index (χ1v) is 10.8. The van der Waals surface area contributed by atoms with Gasteiger partial charge in [-0.1, -0.05) is 11.6 Å². The molecular formula is C24H23F3N6O2. The molecule has 1 aromatic carbocycles. The molecule has 0 spiro atoms. The van der Waals surface area contributed by atoms with Crippen LogP contribution in [0.15, 0.2) is 48.9 Å². The van der Waals surface area contributed by atoms with Crippen molar-refractivity contribution < 1.29 is 22.8 Å². The van der Waals surface area contributed by atoms with Gasteiger partial charge in [-0.3, -0.25) is 19.6 Å². The number of rotatable bonds is 8. The van der Waals surface area contributed by atoms with Crippen molar-refractivity contribution in [3.8, 4) is 0 Å². The van der Waals surface area contributed by atoms with E-state index in [1.807, 2.05) is 0 Å². The van der Waals surface area contributed by atoms with E-state index in [9.17, 15) is 22.8 Å². The first kappa shape index (κ1) is 24.1. The number of nitrogen functional groups attached to an aromatic ring is 1. The number of amides is 1. The average molecular weight is 484 g/mol. The minimum absolute atomic E-state index is 0.00530. The van der Waals surface area contributed by atoms with Crippen LogP contribution < -0.4 is 16.4 Å². The van der Waals surface area contributed by atoms with Crippen LogP contribution in [0.1, 0.15) is 46.6 Å². The van der Waals surface area contributed by atoms with Gasteiger partial charge in [0.25, 0.3) is 0 Å². The van der Waals surface area contributed by atoms with Crippen molar-refractivity contribution in [2.75, 3.05) is 11.1 Å². The number of carbonyl (C=O) groups excluding carboxylic acids is 2. The number of benzene rings is 1. The SMILES string of the molecule is Cc1ccc(Nc2ccc(CNC(=O)C3(CC(=O)c4cncc(N)n4)CC3)nc2)c(C(F)(F)F)c1. The highest BCUT2D eigenvalue weighted by atomic mass is 19.4. The van der Waals surface area contributed by atoms with Gasteiger partial charge in [-0.25, -0.2) is 4.98 Å². The van der Waals surface area contributed by atoms with Gasteiger partial charge < -0.3 is 16.4 Å². The Balaban J connectivity index is 1.35. The Morgan fingerprint density at radius 1 is 1.11 bits per heavy atom. The Kier molecular flexibility index (Phi) is 6.42. The minimum atomic E-state index is -4.49. The van der Waals surface area contributed by atoms with Gasteiger partial charge in [-0.2, -0.15) is 13.2 Å². The molecule has 0 aliphatic heterocycles. The maximum absolute atomic E-state index is 13.3. The molecule has 4 N–H and O–H groups in total. The predicted octanol–water partition coefficient (Wildman–Crippen LogP) is 4.19. The molecule has 0 atom stereocenters. The van der Waals surface area contributed by atoms with Crippen molar-refractivity contribution in [3.05, 3.63) is 71.4 Å². The molecule has 2 heterocycles. The summed E-state index contributed by atoms with van der Waals surface area (Å²) in [4.78, 5) is 37.3. The molecule has 1 saturated carbocycles. The topological polar surface area (TPSA) is 123 Å². The third-order valence-electron chi connectivity index (χ3n) is 5.79. The lowest BCUT2D eigenvalue weighted by Crippen LogP contribution is -2.33. The molecule has 3 aromatic rings. The van der Waals surface area contributed by atoms with E-state index in [2.05, 4.69) is 25.6 Å². The van der Waals surface area contributed by atoms with Crippen LogP contribution in [0.4, 0.5) is 30.4 Å². The molecule has 8 nitrogen and oxygen atoms in total. The van der Waals surface area contributed by atoms with Crippen LogP contribution in [0.25, 0.3) is 0 Å². The van der Waals surface area contributed by atoms with Crippen molar-refractivity contribution in [2.24, 2.45) is 5.41 Å². The summed E-state index contributed by atoms with van der Waals surface area (Å²) in [6.45, 7) is 1.71. The van der Waals surface area contributed by atoms with E-state index in [1.165, 1.54) is 24.7 Å². The summed E-state index contributed by atoms with van der Waals surface area (Å²) in [6.07, 6.45) is 0.720. The zero-order chi connectivity index (χ0) is 25.2. The van der Waals surface area contributed by atoms with Crippen LogP contribution in [0.5, 0.6) is 0 Å². The summed E-state index contributed by atoms with van der Waals surface area (Å²) < 4.78 is 40.0. The lowest BCUT2D eigenvalue weighted by molar-refractivity contribution is -0.137. The number of hydrogen-bond donors (Lipinski definition) is 3. The summed E-state index contributed by atoms with van der Waals surface area (Å²) in [7, 11) is 0. The number of aryl methyl sites for hydroxylation is 1. The molecular weight excluding hydrogens is 461 g/mol. The Bertz CT molecular complexity index is 1260. The van der Waals surface area contributed by atoms with E-state index in [0.29, 0.717) is 29.8 Å². The van der Waals surface area contributed by atoms with Gasteiger partial charge in [0.2, 0.25) is 5.91 Å². The van der Waals surface area contributed by atoms with Gasteiger partial charge in [0.05, 0.1) is 53.2 Å². The van der Waals surface area contributed by atoms with Gasteiger partial charge in [0, 0.05) is 6.42 Å². The number of aromatic nitrogens is 3. The van der Waals surface area contributed by atoms with Gasteiger partial charge in [0.1, 0.15) is 11.5 Å². The quantitative estimate of drug-likeness (QED) is 0.410. The number of Topliss-reactive ketones (excluding diaryl/α,β-unsaturated/α-hetero) is 1. The summed E-state index contributed by atoms with van der Waals surface area (Å²) in [5.74, 6) is -0.437. The molecule has 35 heavy (non-hydrogen) atoms. The van der Waals surface area contributed by atoms with Crippen molar-refractivity contribution in [1.82, 2.24) is 20.3 Å². The van der Waals surface area contributed by atoms with Crippen molar-refractivity contribution in [2.45, 2.75) is 38.9 Å². The number of halogens is 3. The number of carbonyl (C=O) groups is 2. The lowest BCUT2D eigenvalue weighted by Gasteiger charge is -2.16. The second-order valence-corrected chi connectivity index (χ2v) is 8.60. The predicted molar refractivity (Wildman–Crippen MR) is 123 cm³/mol. The zero-order valence-electron chi connectivity index (χ0n) is 18.8. The number of anilines is 3. The number of ketones is 1. The number of nitrogens with two attached hydrogens (primary N) is 1. The van der Waals surface area contributed by atoms with Crippen LogP contribution in [-0.4, -0.2) is 26.6 Å². The molecule has 1 aliphatic carbocycles. The van der Waals surface area contributed by atoms with Crippen molar-refractivity contribution in [3.63, 3.8) is 0 Å². The summed E-state index contributed by atoms with van der Waals surface area (Å²) in [5, 5.41) is 5.54. The average Bonchev–Trinajstić information content (AvgIpc) is 3.59. The summed E-state index contributed by atoms with van der Waals surface area (Å²) >= 11 is 0. The maximum atomic E-state index is 13.3. The largest absolute Gasteiger partial charge is 0.418 e. The number of pyridine rings is 1. The van der Waals surface area contributed by atoms with Gasteiger partial charge in [-0.15, -0.1) is 0 Å². The van der Waals surface area contributed by atoms with E-state index in [-0.39, 0.29) is 41.9 Å². The fraction of sp³-hybridized carbons (Fsp3) is 0.292. The lowest BCUT2D eigenvalue weighted by atomic mass is 9.97. The standard InChI is InChI=1S/C24H23F3N6O2/c1-14-2-5-18(17(8-14)24(25,26)27)32-16-4-3-15(30-11-16)10-31-22(35)23(6-7-23)9-20(34)19-12-29-13-21(28)33-19/h2-5,8,11-13,32H,6-7,9-10H2,1H3,(H2,28,33)(H,31,35). The highest BCUT2D eigenvalue weighted by Gasteiger charge is 2.51. The second kappa shape index (κ2) is 9.32. The molecule has 1 fully saturated rings. The Hall–Kier alpha value is -4.02. The van der Waals surface area contributed by atoms with Crippen LogP contribution in [0.3, 0.4) is 0 Å². The molecule has 11 heteroatoms. The third-order valence-corrected chi connectivity index (χ3v) is 5.79.